The van der Waals surface area contributed by atoms with Gasteiger partial charge >= 0.3 is 0 Å². The number of aryl methyl sites for hydroxylation is 1. The van der Waals surface area contributed by atoms with Gasteiger partial charge in [0.2, 0.25) is 21.7 Å². The second-order valence-electron chi connectivity index (χ2n) is 5.09. The summed E-state index contributed by atoms with van der Waals surface area (Å²) in [4.78, 5) is 4.29. The van der Waals surface area contributed by atoms with Gasteiger partial charge in [-0.15, -0.1) is 11.3 Å². The van der Waals surface area contributed by atoms with Crippen LogP contribution in [-0.2, 0) is 16.4 Å². The minimum Gasteiger partial charge on any atom is -0.339 e. The highest BCUT2D eigenvalue weighted by Gasteiger charge is 2.17. The van der Waals surface area contributed by atoms with Crippen LogP contribution < -0.4 is 4.72 Å². The first-order chi connectivity index (χ1) is 11.4. The molecule has 0 aliphatic carbocycles. The Balaban J connectivity index is 1.62. The highest BCUT2D eigenvalue weighted by Crippen LogP contribution is 2.25. The topological polar surface area (TPSA) is 85.1 Å². The maximum Gasteiger partial charge on any atom is 0.250 e. The van der Waals surface area contributed by atoms with Gasteiger partial charge in [-0.2, -0.15) is 4.98 Å². The van der Waals surface area contributed by atoms with Crippen molar-refractivity contribution >= 4 is 33.0 Å². The molecule has 0 spiro atoms. The van der Waals surface area contributed by atoms with Crippen molar-refractivity contribution in [2.75, 3.05) is 6.54 Å². The monoisotopic (exact) mass is 383 g/mol. The summed E-state index contributed by atoms with van der Waals surface area (Å²) >= 11 is 6.77. The zero-order valence-electron chi connectivity index (χ0n) is 12.7. The van der Waals surface area contributed by atoms with Gasteiger partial charge < -0.3 is 4.52 Å². The molecule has 0 bridgehead atoms. The second-order valence-corrected chi connectivity index (χ2v) is 8.80. The first kappa shape index (κ1) is 17.1. The van der Waals surface area contributed by atoms with E-state index in [1.165, 1.54) is 6.07 Å². The van der Waals surface area contributed by atoms with E-state index in [1.54, 1.807) is 6.07 Å². The van der Waals surface area contributed by atoms with E-state index in [-0.39, 0.29) is 10.8 Å². The van der Waals surface area contributed by atoms with Gasteiger partial charge in [-0.25, -0.2) is 13.1 Å². The molecule has 0 amide bonds. The molecular weight excluding hydrogens is 370 g/mol. The maximum absolute atomic E-state index is 12.1. The van der Waals surface area contributed by atoms with Crippen LogP contribution in [0.4, 0.5) is 0 Å². The van der Waals surface area contributed by atoms with Gasteiger partial charge in [-0.05, 0) is 25.1 Å². The van der Waals surface area contributed by atoms with Crippen molar-refractivity contribution in [2.24, 2.45) is 0 Å². The Morgan fingerprint density at radius 3 is 2.83 bits per heavy atom. The molecular formula is C15H14ClN3O3S2. The zero-order valence-corrected chi connectivity index (χ0v) is 15.1. The number of rotatable bonds is 6. The molecule has 0 saturated carbocycles. The maximum atomic E-state index is 12.1. The van der Waals surface area contributed by atoms with Crippen LogP contribution in [-0.4, -0.2) is 25.1 Å². The molecule has 1 aromatic carbocycles. The van der Waals surface area contributed by atoms with Crippen LogP contribution in [0.1, 0.15) is 11.5 Å². The smallest absolute Gasteiger partial charge is 0.250 e. The fourth-order valence-corrected chi connectivity index (χ4v) is 4.62. The lowest BCUT2D eigenvalue weighted by Crippen LogP contribution is -2.25. The number of nitrogens with one attached hydrogen (secondary N) is 1. The molecule has 0 aliphatic rings. The molecule has 3 rings (SSSR count). The number of aromatic nitrogens is 2. The molecule has 2 aromatic heterocycles. The van der Waals surface area contributed by atoms with Crippen molar-refractivity contribution in [3.63, 3.8) is 0 Å². The molecule has 24 heavy (non-hydrogen) atoms. The van der Waals surface area contributed by atoms with E-state index >= 15 is 0 Å². The first-order valence-corrected chi connectivity index (χ1v) is 9.76. The molecule has 126 valence electrons. The minimum absolute atomic E-state index is 0.160. The van der Waals surface area contributed by atoms with E-state index in [2.05, 4.69) is 14.9 Å². The summed E-state index contributed by atoms with van der Waals surface area (Å²) in [5.74, 6) is 0.861. The molecule has 0 aliphatic heterocycles. The van der Waals surface area contributed by atoms with Crippen molar-refractivity contribution in [1.29, 1.82) is 0 Å². The lowest BCUT2D eigenvalue weighted by molar-refractivity contribution is 0.379. The van der Waals surface area contributed by atoms with E-state index in [9.17, 15) is 8.42 Å². The average molecular weight is 384 g/mol. The number of sulfonamides is 1. The van der Waals surface area contributed by atoms with Crippen LogP contribution in [0.2, 0.25) is 4.34 Å². The van der Waals surface area contributed by atoms with Crippen LogP contribution in [0.25, 0.3) is 11.4 Å². The molecule has 0 unspecified atom stereocenters. The standard InChI is InChI=1S/C15H14ClN3O3S2/c1-10-3-2-4-11(9-10)15-18-13(22-19-15)7-8-17-24(20,21)14-6-5-12(16)23-14/h2-6,9,17H,7-8H2,1H3. The van der Waals surface area contributed by atoms with Crippen molar-refractivity contribution in [1.82, 2.24) is 14.9 Å². The van der Waals surface area contributed by atoms with Gasteiger partial charge in [-0.1, -0.05) is 40.5 Å². The van der Waals surface area contributed by atoms with Crippen LogP contribution in [0.5, 0.6) is 0 Å². The number of thiophene rings is 1. The highest BCUT2D eigenvalue weighted by atomic mass is 35.5. The summed E-state index contributed by atoms with van der Waals surface area (Å²) in [6, 6.07) is 10.8. The summed E-state index contributed by atoms with van der Waals surface area (Å²) in [5.41, 5.74) is 1.96. The van der Waals surface area contributed by atoms with Gasteiger partial charge in [0.25, 0.3) is 0 Å². The van der Waals surface area contributed by atoms with Gasteiger partial charge in [-0.3, -0.25) is 0 Å². The molecule has 0 fully saturated rings. The molecule has 0 atom stereocenters. The summed E-state index contributed by atoms with van der Waals surface area (Å²) in [5, 5.41) is 3.93. The Bertz CT molecular complexity index is 950. The van der Waals surface area contributed by atoms with E-state index in [4.69, 9.17) is 16.1 Å². The number of nitrogens with zero attached hydrogens (tertiary/aromatic N) is 2. The number of benzene rings is 1. The predicted octanol–water partition coefficient (Wildman–Crippen LogP) is 3.28. The average Bonchev–Trinajstić information content (AvgIpc) is 3.16. The number of hydrogen-bond acceptors (Lipinski definition) is 6. The van der Waals surface area contributed by atoms with Gasteiger partial charge in [0, 0.05) is 18.5 Å². The summed E-state index contributed by atoms with van der Waals surface area (Å²) in [6.07, 6.45) is 0.303. The summed E-state index contributed by atoms with van der Waals surface area (Å²) < 4.78 is 32.4. The van der Waals surface area contributed by atoms with Crippen LogP contribution in [0.3, 0.4) is 0 Å². The Labute approximate surface area is 148 Å². The molecule has 3 aromatic rings. The SMILES string of the molecule is Cc1cccc(-c2noc(CCNS(=O)(=O)c3ccc(Cl)s3)n2)c1. The van der Waals surface area contributed by atoms with Crippen LogP contribution in [0.15, 0.2) is 45.1 Å². The van der Waals surface area contributed by atoms with E-state index in [0.29, 0.717) is 22.5 Å². The third-order valence-electron chi connectivity index (χ3n) is 3.19. The molecule has 0 radical (unpaired) electrons. The molecule has 1 N–H and O–H groups in total. The number of hydrogen-bond donors (Lipinski definition) is 1. The quantitative estimate of drug-likeness (QED) is 0.706. The van der Waals surface area contributed by atoms with E-state index in [0.717, 1.165) is 22.5 Å². The largest absolute Gasteiger partial charge is 0.339 e. The van der Waals surface area contributed by atoms with E-state index in [1.807, 2.05) is 31.2 Å². The lowest BCUT2D eigenvalue weighted by Gasteiger charge is -2.02. The lowest BCUT2D eigenvalue weighted by atomic mass is 10.1. The molecule has 0 saturated heterocycles. The fourth-order valence-electron chi connectivity index (χ4n) is 2.06. The van der Waals surface area contributed by atoms with Crippen molar-refractivity contribution in [3.05, 3.63) is 52.2 Å². The summed E-state index contributed by atoms with van der Waals surface area (Å²) in [6.45, 7) is 2.14. The normalized spacial score (nSPS) is 11.8. The molecule has 6 nitrogen and oxygen atoms in total. The second kappa shape index (κ2) is 7.02. The fraction of sp³-hybridized carbons (Fsp3) is 0.200. The van der Waals surface area contributed by atoms with Crippen LogP contribution in [0, 0.1) is 6.92 Å². The van der Waals surface area contributed by atoms with Crippen molar-refractivity contribution < 1.29 is 12.9 Å². The minimum atomic E-state index is -3.57. The third-order valence-corrected chi connectivity index (χ3v) is 6.37. The summed E-state index contributed by atoms with van der Waals surface area (Å²) in [7, 11) is -3.57. The Kier molecular flexibility index (Phi) is 5.00. The highest BCUT2D eigenvalue weighted by molar-refractivity contribution is 7.91. The van der Waals surface area contributed by atoms with E-state index < -0.39 is 10.0 Å². The predicted molar refractivity (Wildman–Crippen MR) is 92.7 cm³/mol. The first-order valence-electron chi connectivity index (χ1n) is 7.09. The third kappa shape index (κ3) is 4.02. The Hall–Kier alpha value is -1.74. The Morgan fingerprint density at radius 1 is 1.29 bits per heavy atom. The van der Waals surface area contributed by atoms with Crippen molar-refractivity contribution in [2.45, 2.75) is 17.6 Å². The Morgan fingerprint density at radius 2 is 2.12 bits per heavy atom. The van der Waals surface area contributed by atoms with Crippen molar-refractivity contribution in [3.8, 4) is 11.4 Å². The molecule has 2 heterocycles. The van der Waals surface area contributed by atoms with Crippen LogP contribution >= 0.6 is 22.9 Å². The van der Waals surface area contributed by atoms with Gasteiger partial charge in [0.05, 0.1) is 4.34 Å². The van der Waals surface area contributed by atoms with Gasteiger partial charge in [0.15, 0.2) is 0 Å². The molecule has 9 heteroatoms. The zero-order chi connectivity index (χ0) is 17.2. The van der Waals surface area contributed by atoms with Gasteiger partial charge in [0.1, 0.15) is 4.21 Å². The number of halogens is 1.